The first kappa shape index (κ1) is 20.8. The van der Waals surface area contributed by atoms with E-state index in [4.69, 9.17) is 4.74 Å². The van der Waals surface area contributed by atoms with Crippen LogP contribution >= 0.6 is 0 Å². The Morgan fingerprint density at radius 3 is 2.36 bits per heavy atom. The van der Waals surface area contributed by atoms with Crippen molar-refractivity contribution < 1.29 is 28.3 Å². The molecule has 0 bridgehead atoms. The van der Waals surface area contributed by atoms with Gasteiger partial charge in [0.1, 0.15) is 12.4 Å². The Morgan fingerprint density at radius 1 is 1.00 bits per heavy atom. The van der Waals surface area contributed by atoms with Gasteiger partial charge in [0.15, 0.2) is 12.4 Å². The molecule has 0 aliphatic carbocycles. The Balaban J connectivity index is 1.78. The number of anilines is 1. The number of halogens is 1. The molecule has 0 spiro atoms. The van der Waals surface area contributed by atoms with Gasteiger partial charge in [-0.1, -0.05) is 13.0 Å². The van der Waals surface area contributed by atoms with Crippen molar-refractivity contribution in [3.8, 4) is 0 Å². The van der Waals surface area contributed by atoms with Crippen molar-refractivity contribution in [2.45, 2.75) is 13.3 Å². The van der Waals surface area contributed by atoms with Gasteiger partial charge < -0.3 is 15.4 Å². The summed E-state index contributed by atoms with van der Waals surface area (Å²) >= 11 is 0. The maximum atomic E-state index is 13.1. The number of hydrogen-bond donors (Lipinski definition) is 2. The molecule has 0 aromatic heterocycles. The van der Waals surface area contributed by atoms with Gasteiger partial charge in [0, 0.05) is 23.2 Å². The minimum Gasteiger partial charge on any atom is -0.456 e. The topological polar surface area (TPSA) is 102 Å². The van der Waals surface area contributed by atoms with Crippen LogP contribution in [0.4, 0.5) is 10.1 Å². The molecule has 2 N–H and O–H groups in total. The van der Waals surface area contributed by atoms with Gasteiger partial charge in [0.2, 0.25) is 5.91 Å². The predicted octanol–water partition coefficient (Wildman–Crippen LogP) is 2.33. The van der Waals surface area contributed by atoms with Crippen molar-refractivity contribution in [2.24, 2.45) is 0 Å². The van der Waals surface area contributed by atoms with Gasteiger partial charge in [-0.15, -0.1) is 0 Å². The highest BCUT2D eigenvalue weighted by Gasteiger charge is 2.12. The summed E-state index contributed by atoms with van der Waals surface area (Å²) in [6.45, 7) is 0.780. The number of benzene rings is 2. The first-order chi connectivity index (χ1) is 13.4. The molecule has 2 rings (SSSR count). The molecule has 146 valence electrons. The third kappa shape index (κ3) is 6.31. The zero-order chi connectivity index (χ0) is 20.5. The summed E-state index contributed by atoms with van der Waals surface area (Å²) in [6, 6.07) is 11.2. The number of ketones is 1. The van der Waals surface area contributed by atoms with E-state index in [1.54, 1.807) is 19.1 Å². The van der Waals surface area contributed by atoms with Crippen LogP contribution in [0.2, 0.25) is 0 Å². The minimum atomic E-state index is -0.801. The number of nitrogens with one attached hydrogen (secondary N) is 2. The van der Waals surface area contributed by atoms with Crippen LogP contribution in [0.5, 0.6) is 0 Å². The van der Waals surface area contributed by atoms with E-state index in [0.717, 1.165) is 6.07 Å². The third-order valence-corrected chi connectivity index (χ3v) is 3.66. The fourth-order valence-electron chi connectivity index (χ4n) is 2.15. The monoisotopic (exact) mass is 386 g/mol. The average molecular weight is 386 g/mol. The Bertz CT molecular complexity index is 880. The quantitative estimate of drug-likeness (QED) is 0.536. The lowest BCUT2D eigenvalue weighted by Gasteiger charge is -2.07. The van der Waals surface area contributed by atoms with Crippen molar-refractivity contribution in [2.75, 3.05) is 18.5 Å². The second-order valence-corrected chi connectivity index (χ2v) is 5.76. The first-order valence-corrected chi connectivity index (χ1v) is 8.51. The second kappa shape index (κ2) is 9.96. The Kier molecular flexibility index (Phi) is 7.38. The SMILES string of the molecule is CCC(=O)Nc1ccc(C(=O)COC(=O)CNC(=O)c2cccc(F)c2)cc1. The second-order valence-electron chi connectivity index (χ2n) is 5.76. The maximum absolute atomic E-state index is 13.1. The summed E-state index contributed by atoms with van der Waals surface area (Å²) in [6.07, 6.45) is 0.340. The number of carbonyl (C=O) groups is 4. The van der Waals surface area contributed by atoms with Crippen LogP contribution in [0, 0.1) is 5.82 Å². The van der Waals surface area contributed by atoms with E-state index in [1.165, 1.54) is 30.3 Å². The molecule has 2 aromatic rings. The number of rotatable bonds is 8. The molecule has 0 atom stereocenters. The van der Waals surface area contributed by atoms with Crippen LogP contribution in [0.3, 0.4) is 0 Å². The van der Waals surface area contributed by atoms with Crippen LogP contribution in [0.25, 0.3) is 0 Å². The largest absolute Gasteiger partial charge is 0.456 e. The molecule has 28 heavy (non-hydrogen) atoms. The molecule has 2 amide bonds. The highest BCUT2D eigenvalue weighted by Crippen LogP contribution is 2.10. The van der Waals surface area contributed by atoms with E-state index >= 15 is 0 Å². The highest BCUT2D eigenvalue weighted by molar-refractivity contribution is 5.99. The molecule has 8 heteroatoms. The van der Waals surface area contributed by atoms with Crippen LogP contribution in [0.1, 0.15) is 34.1 Å². The van der Waals surface area contributed by atoms with E-state index in [-0.39, 0.29) is 11.5 Å². The molecule has 0 aliphatic heterocycles. The standard InChI is InChI=1S/C20H19FN2O5/c1-2-18(25)23-16-8-6-13(7-9-16)17(24)12-28-19(26)11-22-20(27)14-4-3-5-15(21)10-14/h3-10H,2,11-12H2,1H3,(H,22,27)(H,23,25). The van der Waals surface area contributed by atoms with Gasteiger partial charge in [-0.3, -0.25) is 19.2 Å². The number of amides is 2. The van der Waals surface area contributed by atoms with Crippen LogP contribution in [-0.4, -0.2) is 36.7 Å². The van der Waals surface area contributed by atoms with Crippen molar-refractivity contribution in [3.63, 3.8) is 0 Å². The summed E-state index contributed by atoms with van der Waals surface area (Å²) in [5.74, 6) is -2.58. The fraction of sp³-hybridized carbons (Fsp3) is 0.200. The zero-order valence-corrected chi connectivity index (χ0v) is 15.2. The van der Waals surface area contributed by atoms with E-state index in [0.29, 0.717) is 17.7 Å². The average Bonchev–Trinajstić information content (AvgIpc) is 2.70. The molecule has 0 radical (unpaired) electrons. The molecule has 2 aromatic carbocycles. The van der Waals surface area contributed by atoms with E-state index < -0.39 is 36.6 Å². The highest BCUT2D eigenvalue weighted by atomic mass is 19.1. The lowest BCUT2D eigenvalue weighted by molar-refractivity contribution is -0.141. The maximum Gasteiger partial charge on any atom is 0.325 e. The number of carbonyl (C=O) groups excluding carboxylic acids is 4. The summed E-state index contributed by atoms with van der Waals surface area (Å²) in [5, 5.41) is 4.94. The summed E-state index contributed by atoms with van der Waals surface area (Å²) < 4.78 is 17.9. The van der Waals surface area contributed by atoms with Crippen molar-refractivity contribution in [3.05, 3.63) is 65.5 Å². The fourth-order valence-corrected chi connectivity index (χ4v) is 2.15. The van der Waals surface area contributed by atoms with Crippen molar-refractivity contribution >= 4 is 29.3 Å². The van der Waals surface area contributed by atoms with E-state index in [9.17, 15) is 23.6 Å². The molecule has 0 unspecified atom stereocenters. The van der Waals surface area contributed by atoms with Gasteiger partial charge in [-0.2, -0.15) is 0 Å². The molecule has 0 saturated heterocycles. The van der Waals surface area contributed by atoms with Gasteiger partial charge in [-0.25, -0.2) is 4.39 Å². The molecule has 0 fully saturated rings. The normalized spacial score (nSPS) is 10.1. The molecule has 0 heterocycles. The van der Waals surface area contributed by atoms with Crippen LogP contribution < -0.4 is 10.6 Å². The van der Waals surface area contributed by atoms with Crippen molar-refractivity contribution in [1.29, 1.82) is 0 Å². The van der Waals surface area contributed by atoms with Crippen LogP contribution in [-0.2, 0) is 14.3 Å². The van der Waals surface area contributed by atoms with Gasteiger partial charge >= 0.3 is 5.97 Å². The lowest BCUT2D eigenvalue weighted by atomic mass is 10.1. The first-order valence-electron chi connectivity index (χ1n) is 8.51. The Morgan fingerprint density at radius 2 is 1.71 bits per heavy atom. The van der Waals surface area contributed by atoms with Crippen LogP contribution in [0.15, 0.2) is 48.5 Å². The van der Waals surface area contributed by atoms with E-state index in [2.05, 4.69) is 10.6 Å². The Labute approximate surface area is 160 Å². The number of esters is 1. The van der Waals surface area contributed by atoms with E-state index in [1.807, 2.05) is 0 Å². The Hall–Kier alpha value is -3.55. The van der Waals surface area contributed by atoms with Crippen molar-refractivity contribution in [1.82, 2.24) is 5.32 Å². The van der Waals surface area contributed by atoms with Gasteiger partial charge in [0.05, 0.1) is 0 Å². The third-order valence-electron chi connectivity index (χ3n) is 3.66. The molecule has 7 nitrogen and oxygen atoms in total. The number of hydrogen-bond acceptors (Lipinski definition) is 5. The lowest BCUT2D eigenvalue weighted by Crippen LogP contribution is -2.31. The van der Waals surface area contributed by atoms with Gasteiger partial charge in [0.25, 0.3) is 5.91 Å². The molecular weight excluding hydrogens is 367 g/mol. The minimum absolute atomic E-state index is 0.0686. The molecular formula is C20H19FN2O5. The summed E-state index contributed by atoms with van der Waals surface area (Å²) in [4.78, 5) is 46.8. The van der Waals surface area contributed by atoms with Gasteiger partial charge in [-0.05, 0) is 42.5 Å². The number of Topliss-reactive ketones (excluding diaryl/α,β-unsaturated/α-hetero) is 1. The number of ether oxygens (including phenoxy) is 1. The summed E-state index contributed by atoms with van der Waals surface area (Å²) in [7, 11) is 0. The zero-order valence-electron chi connectivity index (χ0n) is 15.2. The summed E-state index contributed by atoms with van der Waals surface area (Å²) in [5.41, 5.74) is 0.936. The molecule has 0 aliphatic rings. The predicted molar refractivity (Wildman–Crippen MR) is 99.4 cm³/mol. The molecule has 0 saturated carbocycles. The smallest absolute Gasteiger partial charge is 0.325 e.